The Bertz CT molecular complexity index is 138. The Balaban J connectivity index is 1.93. The molecule has 1 saturated heterocycles. The van der Waals surface area contributed by atoms with Gasteiger partial charge in [0.05, 0.1) is 0 Å². The van der Waals surface area contributed by atoms with E-state index in [-0.39, 0.29) is 6.23 Å². The first-order valence-corrected chi connectivity index (χ1v) is 4.80. The largest absolute Gasteiger partial charge is 0.379 e. The van der Waals surface area contributed by atoms with Crippen LogP contribution in [0.4, 0.5) is 0 Å². The summed E-state index contributed by atoms with van der Waals surface area (Å²) in [5.74, 6) is 0.868. The molecule has 1 saturated carbocycles. The smallest absolute Gasteiger partial charge is 0.105 e. The van der Waals surface area contributed by atoms with Crippen molar-refractivity contribution in [3.8, 4) is 0 Å². The molecule has 0 bridgehead atoms. The zero-order valence-electron chi connectivity index (χ0n) is 6.92. The fourth-order valence-electron chi connectivity index (χ4n) is 2.47. The Morgan fingerprint density at radius 3 is 2.73 bits per heavy atom. The minimum atomic E-state index is -0.214. The summed E-state index contributed by atoms with van der Waals surface area (Å²) >= 11 is 0. The Kier molecular flexibility index (Phi) is 2.14. The van der Waals surface area contributed by atoms with Gasteiger partial charge in [0.25, 0.3) is 0 Å². The van der Waals surface area contributed by atoms with Gasteiger partial charge in [0.2, 0.25) is 0 Å². The molecule has 0 aromatic carbocycles. The summed E-state index contributed by atoms with van der Waals surface area (Å²) in [7, 11) is 0. The van der Waals surface area contributed by atoms with Crippen LogP contribution in [-0.2, 0) is 0 Å². The van der Waals surface area contributed by atoms with Crippen LogP contribution < -0.4 is 5.32 Å². The number of aliphatic hydroxyl groups excluding tert-OH is 1. The van der Waals surface area contributed by atoms with Crippen molar-refractivity contribution in [2.45, 2.75) is 50.8 Å². The van der Waals surface area contributed by atoms with E-state index in [1.807, 2.05) is 0 Å². The standard InChI is InChI=1S/C9H17NO/c11-9-6-5-7-3-1-2-4-8(7)10-9/h7-11H,1-6H2. The van der Waals surface area contributed by atoms with Gasteiger partial charge >= 0.3 is 0 Å². The molecule has 0 radical (unpaired) electrons. The van der Waals surface area contributed by atoms with Gasteiger partial charge < -0.3 is 5.11 Å². The highest BCUT2D eigenvalue weighted by Gasteiger charge is 2.30. The van der Waals surface area contributed by atoms with E-state index in [0.717, 1.165) is 12.3 Å². The van der Waals surface area contributed by atoms with E-state index in [4.69, 9.17) is 0 Å². The normalized spacial score (nSPS) is 45.0. The van der Waals surface area contributed by atoms with Crippen molar-refractivity contribution in [1.29, 1.82) is 0 Å². The van der Waals surface area contributed by atoms with E-state index in [1.54, 1.807) is 0 Å². The third kappa shape index (κ3) is 1.57. The number of aliphatic hydroxyl groups is 1. The van der Waals surface area contributed by atoms with Crippen LogP contribution in [0.3, 0.4) is 0 Å². The predicted octanol–water partition coefficient (Wildman–Crippen LogP) is 1.25. The Morgan fingerprint density at radius 2 is 1.82 bits per heavy atom. The lowest BCUT2D eigenvalue weighted by molar-refractivity contribution is 0.0446. The summed E-state index contributed by atoms with van der Waals surface area (Å²) in [5.41, 5.74) is 0. The van der Waals surface area contributed by atoms with Gasteiger partial charge in [-0.3, -0.25) is 5.32 Å². The minimum Gasteiger partial charge on any atom is -0.379 e. The quantitative estimate of drug-likeness (QED) is 0.551. The average molecular weight is 155 g/mol. The van der Waals surface area contributed by atoms with Crippen molar-refractivity contribution in [3.05, 3.63) is 0 Å². The van der Waals surface area contributed by atoms with Gasteiger partial charge in [-0.05, 0) is 31.6 Å². The van der Waals surface area contributed by atoms with E-state index >= 15 is 0 Å². The molecular formula is C9H17NO. The molecule has 1 aliphatic heterocycles. The van der Waals surface area contributed by atoms with Crippen molar-refractivity contribution in [3.63, 3.8) is 0 Å². The maximum absolute atomic E-state index is 9.34. The zero-order valence-corrected chi connectivity index (χ0v) is 6.92. The van der Waals surface area contributed by atoms with E-state index in [0.29, 0.717) is 6.04 Å². The lowest BCUT2D eigenvalue weighted by atomic mass is 9.79. The number of hydrogen-bond acceptors (Lipinski definition) is 2. The Labute approximate surface area is 68.0 Å². The molecule has 0 aromatic heterocycles. The van der Waals surface area contributed by atoms with Crippen LogP contribution in [0.2, 0.25) is 0 Å². The average Bonchev–Trinajstić information content (AvgIpc) is 2.04. The maximum atomic E-state index is 9.34. The van der Waals surface area contributed by atoms with Crippen LogP contribution in [0.5, 0.6) is 0 Å². The van der Waals surface area contributed by atoms with Gasteiger partial charge in [0.15, 0.2) is 0 Å². The molecular weight excluding hydrogens is 138 g/mol. The van der Waals surface area contributed by atoms with Crippen LogP contribution in [0.25, 0.3) is 0 Å². The summed E-state index contributed by atoms with van der Waals surface area (Å²) in [6.45, 7) is 0. The second-order valence-corrected chi connectivity index (χ2v) is 3.91. The van der Waals surface area contributed by atoms with Crippen LogP contribution in [0.15, 0.2) is 0 Å². The van der Waals surface area contributed by atoms with Crippen LogP contribution >= 0.6 is 0 Å². The van der Waals surface area contributed by atoms with E-state index in [9.17, 15) is 5.11 Å². The van der Waals surface area contributed by atoms with Crippen molar-refractivity contribution < 1.29 is 5.11 Å². The molecule has 1 aliphatic carbocycles. The lowest BCUT2D eigenvalue weighted by Crippen LogP contribution is -2.48. The van der Waals surface area contributed by atoms with Gasteiger partial charge in [-0.1, -0.05) is 12.8 Å². The molecule has 0 aromatic rings. The third-order valence-electron chi connectivity index (χ3n) is 3.13. The highest BCUT2D eigenvalue weighted by atomic mass is 16.3. The number of nitrogens with one attached hydrogen (secondary N) is 1. The van der Waals surface area contributed by atoms with Crippen LogP contribution in [0, 0.1) is 5.92 Å². The number of hydrogen-bond donors (Lipinski definition) is 2. The predicted molar refractivity (Wildman–Crippen MR) is 44.1 cm³/mol. The molecule has 3 atom stereocenters. The molecule has 2 heteroatoms. The molecule has 11 heavy (non-hydrogen) atoms. The third-order valence-corrected chi connectivity index (χ3v) is 3.13. The molecule has 64 valence electrons. The topological polar surface area (TPSA) is 32.3 Å². The number of piperidine rings is 1. The SMILES string of the molecule is OC1CCC2CCCCC2N1. The van der Waals surface area contributed by atoms with Gasteiger partial charge in [0, 0.05) is 6.04 Å². The van der Waals surface area contributed by atoms with E-state index < -0.39 is 0 Å². The summed E-state index contributed by atoms with van der Waals surface area (Å²) in [6, 6.07) is 0.632. The first-order valence-electron chi connectivity index (χ1n) is 4.80. The lowest BCUT2D eigenvalue weighted by Gasteiger charge is -2.38. The van der Waals surface area contributed by atoms with Crippen molar-refractivity contribution >= 4 is 0 Å². The molecule has 2 fully saturated rings. The summed E-state index contributed by atoms with van der Waals surface area (Å²) in [6.07, 6.45) is 7.39. The number of rotatable bonds is 0. The highest BCUT2D eigenvalue weighted by molar-refractivity contribution is 4.85. The van der Waals surface area contributed by atoms with Gasteiger partial charge in [-0.25, -0.2) is 0 Å². The van der Waals surface area contributed by atoms with Crippen molar-refractivity contribution in [2.75, 3.05) is 0 Å². The monoisotopic (exact) mass is 155 g/mol. The fraction of sp³-hybridized carbons (Fsp3) is 1.00. The minimum absolute atomic E-state index is 0.214. The number of fused-ring (bicyclic) bond motifs is 1. The summed E-state index contributed by atoms with van der Waals surface area (Å²) in [4.78, 5) is 0. The second kappa shape index (κ2) is 3.11. The Hall–Kier alpha value is -0.0800. The van der Waals surface area contributed by atoms with Gasteiger partial charge in [-0.15, -0.1) is 0 Å². The molecule has 3 unspecified atom stereocenters. The molecule has 0 spiro atoms. The van der Waals surface area contributed by atoms with Crippen LogP contribution in [-0.4, -0.2) is 17.4 Å². The molecule has 2 nitrogen and oxygen atoms in total. The molecule has 1 heterocycles. The fourth-order valence-corrected chi connectivity index (χ4v) is 2.47. The first-order chi connectivity index (χ1) is 5.36. The van der Waals surface area contributed by atoms with Crippen molar-refractivity contribution in [1.82, 2.24) is 5.32 Å². The molecule has 2 aliphatic rings. The molecule has 0 amide bonds. The van der Waals surface area contributed by atoms with Crippen LogP contribution in [0.1, 0.15) is 38.5 Å². The van der Waals surface area contributed by atoms with Gasteiger partial charge in [-0.2, -0.15) is 0 Å². The molecule has 2 N–H and O–H groups in total. The summed E-state index contributed by atoms with van der Waals surface area (Å²) < 4.78 is 0. The van der Waals surface area contributed by atoms with E-state index in [2.05, 4.69) is 5.32 Å². The van der Waals surface area contributed by atoms with E-state index in [1.165, 1.54) is 32.1 Å². The first kappa shape index (κ1) is 7.56. The summed E-state index contributed by atoms with van der Waals surface area (Å²) in [5, 5.41) is 12.6. The molecule has 2 rings (SSSR count). The van der Waals surface area contributed by atoms with Crippen molar-refractivity contribution in [2.24, 2.45) is 5.92 Å². The maximum Gasteiger partial charge on any atom is 0.105 e. The van der Waals surface area contributed by atoms with Gasteiger partial charge in [0.1, 0.15) is 6.23 Å². The highest BCUT2D eigenvalue weighted by Crippen LogP contribution is 2.31. The Morgan fingerprint density at radius 1 is 1.00 bits per heavy atom. The zero-order chi connectivity index (χ0) is 7.68. The second-order valence-electron chi connectivity index (χ2n) is 3.91.